The molecule has 0 bridgehead atoms. The number of carbonyl (C=O) groups is 2. The zero-order valence-corrected chi connectivity index (χ0v) is 24.8. The van der Waals surface area contributed by atoms with Crippen molar-refractivity contribution in [2.45, 2.75) is 38.9 Å². The third-order valence-corrected chi connectivity index (χ3v) is 8.89. The summed E-state index contributed by atoms with van der Waals surface area (Å²) in [5.74, 6) is 0.771. The Hall–Kier alpha value is -4.36. The summed E-state index contributed by atoms with van der Waals surface area (Å²) >= 11 is 0. The second kappa shape index (κ2) is 11.5. The number of hydrogen-bond donors (Lipinski definition) is 0. The van der Waals surface area contributed by atoms with Crippen LogP contribution in [0.2, 0.25) is 0 Å². The van der Waals surface area contributed by atoms with Crippen molar-refractivity contribution in [1.82, 2.24) is 14.4 Å². The molecule has 0 atom stereocenters. The zero-order valence-electron chi connectivity index (χ0n) is 24.8. The van der Waals surface area contributed by atoms with Gasteiger partial charge in [0, 0.05) is 35.6 Å². The minimum absolute atomic E-state index is 0.0376. The molecule has 1 aromatic heterocycles. The van der Waals surface area contributed by atoms with E-state index in [4.69, 9.17) is 4.74 Å². The number of likely N-dealkylation sites (tertiary alicyclic amines) is 1. The molecule has 3 heterocycles. The number of rotatable bonds is 5. The summed E-state index contributed by atoms with van der Waals surface area (Å²) in [5, 5.41) is 0. The fraction of sp³-hybridized carbons (Fsp3) is 0.314. The van der Waals surface area contributed by atoms with Crippen molar-refractivity contribution in [3.8, 4) is 16.9 Å². The molecule has 216 valence electrons. The summed E-state index contributed by atoms with van der Waals surface area (Å²) in [4.78, 5) is 34.0. The van der Waals surface area contributed by atoms with Gasteiger partial charge in [-0.3, -0.25) is 9.59 Å². The van der Waals surface area contributed by atoms with Crippen LogP contribution in [0.1, 0.15) is 50.5 Å². The lowest BCUT2D eigenvalue weighted by molar-refractivity contribution is 0.0649. The number of fused-ring (bicyclic) bond motifs is 2. The molecule has 0 aliphatic carbocycles. The molecule has 1 fully saturated rings. The smallest absolute Gasteiger partial charge is 0.270 e. The number of piperidine rings is 1. The lowest BCUT2D eigenvalue weighted by Crippen LogP contribution is -2.45. The average molecular weight is 563 g/mol. The maximum absolute atomic E-state index is 14.1. The van der Waals surface area contributed by atoms with Gasteiger partial charge in [0.1, 0.15) is 11.4 Å². The second-order valence-corrected chi connectivity index (χ2v) is 11.5. The predicted molar refractivity (Wildman–Crippen MR) is 166 cm³/mol. The molecule has 2 aliphatic heterocycles. The first kappa shape index (κ1) is 27.8. The number of ether oxygens (including phenoxy) is 1. The average Bonchev–Trinajstić information content (AvgIpc) is 3.33. The number of aryl methyl sites for hydroxylation is 1. The molecule has 0 saturated carbocycles. The van der Waals surface area contributed by atoms with Crippen LogP contribution < -0.4 is 9.64 Å². The highest BCUT2D eigenvalue weighted by Crippen LogP contribution is 2.34. The first-order valence-electron chi connectivity index (χ1n) is 14.6. The van der Waals surface area contributed by atoms with Crippen LogP contribution in [0.4, 0.5) is 5.69 Å². The molecule has 7 heteroatoms. The van der Waals surface area contributed by atoms with E-state index in [1.807, 2.05) is 96.6 Å². The van der Waals surface area contributed by atoms with Gasteiger partial charge < -0.3 is 24.0 Å². The Bertz CT molecular complexity index is 1630. The number of anilines is 1. The predicted octanol–water partition coefficient (Wildman–Crippen LogP) is 5.85. The molecular weight excluding hydrogens is 524 g/mol. The quantitative estimate of drug-likeness (QED) is 0.306. The van der Waals surface area contributed by atoms with E-state index >= 15 is 0 Å². The lowest BCUT2D eigenvalue weighted by atomic mass is 9.97. The maximum Gasteiger partial charge on any atom is 0.270 e. The number of nitrogens with zero attached hydrogens (tertiary/aromatic N) is 4. The molecule has 4 aromatic rings. The summed E-state index contributed by atoms with van der Waals surface area (Å²) in [6, 6.07) is 26.0. The second-order valence-electron chi connectivity index (χ2n) is 11.5. The number of methoxy groups -OCH3 is 1. The summed E-state index contributed by atoms with van der Waals surface area (Å²) in [6.45, 7) is 4.94. The largest absolute Gasteiger partial charge is 0.496 e. The molecule has 7 nitrogen and oxygen atoms in total. The van der Waals surface area contributed by atoms with Crippen molar-refractivity contribution in [1.29, 1.82) is 0 Å². The van der Waals surface area contributed by atoms with Gasteiger partial charge >= 0.3 is 0 Å². The Labute approximate surface area is 247 Å². The Kier molecular flexibility index (Phi) is 7.60. The van der Waals surface area contributed by atoms with E-state index in [0.29, 0.717) is 24.3 Å². The molecule has 0 unspecified atom stereocenters. The number of benzene rings is 3. The number of para-hydroxylation sites is 2. The van der Waals surface area contributed by atoms with Crippen molar-refractivity contribution in [3.63, 3.8) is 0 Å². The van der Waals surface area contributed by atoms with E-state index in [9.17, 15) is 9.59 Å². The van der Waals surface area contributed by atoms with Gasteiger partial charge in [-0.25, -0.2) is 0 Å². The van der Waals surface area contributed by atoms with Crippen molar-refractivity contribution >= 4 is 17.5 Å². The van der Waals surface area contributed by atoms with E-state index in [2.05, 4.69) is 22.6 Å². The fourth-order valence-electron chi connectivity index (χ4n) is 6.38. The first-order valence-corrected chi connectivity index (χ1v) is 14.6. The Morgan fingerprint density at radius 1 is 0.881 bits per heavy atom. The molecule has 2 aliphatic rings. The van der Waals surface area contributed by atoms with Crippen LogP contribution in [0.5, 0.6) is 5.75 Å². The van der Waals surface area contributed by atoms with Crippen LogP contribution in [-0.2, 0) is 13.1 Å². The molecule has 3 aromatic carbocycles. The van der Waals surface area contributed by atoms with Gasteiger partial charge in [-0.2, -0.15) is 0 Å². The van der Waals surface area contributed by atoms with Gasteiger partial charge in [0.2, 0.25) is 0 Å². The third kappa shape index (κ3) is 5.09. The number of carbonyl (C=O) groups excluding carboxylic acids is 2. The molecule has 6 rings (SSSR count). The van der Waals surface area contributed by atoms with Gasteiger partial charge in [-0.1, -0.05) is 42.5 Å². The first-order chi connectivity index (χ1) is 20.4. The molecule has 2 amide bonds. The van der Waals surface area contributed by atoms with E-state index in [0.717, 1.165) is 65.3 Å². The molecule has 42 heavy (non-hydrogen) atoms. The van der Waals surface area contributed by atoms with Crippen LogP contribution >= 0.6 is 0 Å². The SMILES string of the molecule is COc1ccccc1-c1ccc(C(=O)N2Cc3ccc(C(=O)N(C)C4CCN(C)CC4)n3Cc3ccccc32)cc1C. The number of hydrogen-bond acceptors (Lipinski definition) is 4. The van der Waals surface area contributed by atoms with Crippen LogP contribution in [0.3, 0.4) is 0 Å². The van der Waals surface area contributed by atoms with Gasteiger partial charge in [0.25, 0.3) is 11.8 Å². The Morgan fingerprint density at radius 2 is 1.62 bits per heavy atom. The number of amides is 2. The van der Waals surface area contributed by atoms with E-state index in [1.54, 1.807) is 7.11 Å². The van der Waals surface area contributed by atoms with Crippen molar-refractivity contribution in [2.24, 2.45) is 0 Å². The highest BCUT2D eigenvalue weighted by molar-refractivity contribution is 6.07. The topological polar surface area (TPSA) is 58.0 Å². The summed E-state index contributed by atoms with van der Waals surface area (Å²) in [5.41, 5.74) is 7.16. The van der Waals surface area contributed by atoms with Gasteiger partial charge in [-0.15, -0.1) is 0 Å². The lowest BCUT2D eigenvalue weighted by Gasteiger charge is -2.35. The molecule has 0 N–H and O–H groups in total. The van der Waals surface area contributed by atoms with Gasteiger partial charge in [-0.05, 0) is 93.0 Å². The molecule has 0 radical (unpaired) electrons. The monoisotopic (exact) mass is 562 g/mol. The van der Waals surface area contributed by atoms with Crippen LogP contribution in [0.25, 0.3) is 11.1 Å². The zero-order chi connectivity index (χ0) is 29.4. The summed E-state index contributed by atoms with van der Waals surface area (Å²) in [7, 11) is 5.73. The highest BCUT2D eigenvalue weighted by Gasteiger charge is 2.30. The highest BCUT2D eigenvalue weighted by atomic mass is 16.5. The van der Waals surface area contributed by atoms with Crippen molar-refractivity contribution < 1.29 is 14.3 Å². The Morgan fingerprint density at radius 3 is 2.38 bits per heavy atom. The van der Waals surface area contributed by atoms with Crippen LogP contribution in [-0.4, -0.2) is 66.5 Å². The summed E-state index contributed by atoms with van der Waals surface area (Å²) in [6.07, 6.45) is 1.96. The van der Waals surface area contributed by atoms with Crippen LogP contribution in [0.15, 0.2) is 78.9 Å². The number of aromatic nitrogens is 1. The maximum atomic E-state index is 14.1. The standard InChI is InChI=1S/C35H38N4O3/c1-24-21-25(13-15-29(24)30-10-6-8-12-33(30)42-4)34(40)39-23-28-14-16-32(38(28)22-26-9-5-7-11-31(26)39)35(41)37(3)27-17-19-36(2)20-18-27/h5-16,21,27H,17-20,22-23H2,1-4H3. The van der Waals surface area contributed by atoms with Crippen molar-refractivity contribution in [3.05, 3.63) is 107 Å². The molecule has 0 spiro atoms. The molecular formula is C35H38N4O3. The Balaban J connectivity index is 1.31. The summed E-state index contributed by atoms with van der Waals surface area (Å²) < 4.78 is 7.67. The minimum atomic E-state index is -0.0666. The van der Waals surface area contributed by atoms with Gasteiger partial charge in [0.05, 0.1) is 20.2 Å². The van der Waals surface area contributed by atoms with Gasteiger partial charge in [0.15, 0.2) is 0 Å². The minimum Gasteiger partial charge on any atom is -0.496 e. The van der Waals surface area contributed by atoms with E-state index in [1.165, 1.54) is 0 Å². The van der Waals surface area contributed by atoms with Crippen LogP contribution in [0, 0.1) is 6.92 Å². The molecule has 1 saturated heterocycles. The normalized spacial score (nSPS) is 15.5. The van der Waals surface area contributed by atoms with E-state index in [-0.39, 0.29) is 17.9 Å². The third-order valence-electron chi connectivity index (χ3n) is 8.89. The van der Waals surface area contributed by atoms with Crippen molar-refractivity contribution in [2.75, 3.05) is 39.2 Å². The fourth-order valence-corrected chi connectivity index (χ4v) is 6.38. The van der Waals surface area contributed by atoms with E-state index < -0.39 is 0 Å².